The van der Waals surface area contributed by atoms with Gasteiger partial charge >= 0.3 is 6.09 Å². The summed E-state index contributed by atoms with van der Waals surface area (Å²) in [6, 6.07) is 0. The fourth-order valence-corrected chi connectivity index (χ4v) is 2.06. The van der Waals surface area contributed by atoms with Crippen LogP contribution in [0.4, 0.5) is 4.79 Å². The molecule has 0 aromatic heterocycles. The predicted octanol–water partition coefficient (Wildman–Crippen LogP) is 2.28. The van der Waals surface area contributed by atoms with Gasteiger partial charge in [-0.3, -0.25) is 4.79 Å². The Morgan fingerprint density at radius 2 is 1.95 bits per heavy atom. The van der Waals surface area contributed by atoms with E-state index >= 15 is 0 Å². The van der Waals surface area contributed by atoms with Crippen LogP contribution in [0.1, 0.15) is 33.6 Å². The first-order valence-corrected chi connectivity index (χ1v) is 7.05. The molecule has 5 heteroatoms. The van der Waals surface area contributed by atoms with Gasteiger partial charge in [0, 0.05) is 39.3 Å². The molecule has 0 unspecified atom stereocenters. The van der Waals surface area contributed by atoms with Crippen LogP contribution >= 0.6 is 0 Å². The molecule has 1 amide bonds. The van der Waals surface area contributed by atoms with Crippen molar-refractivity contribution >= 4 is 11.9 Å². The second-order valence-corrected chi connectivity index (χ2v) is 6.45. The highest BCUT2D eigenvalue weighted by atomic mass is 16.6. The first kappa shape index (κ1) is 16.5. The SMILES string of the molecule is CN(C)/C=C/C(=O)[C@@H]1CCCN(C(=O)OC(C)(C)C)C1. The van der Waals surface area contributed by atoms with Crippen molar-refractivity contribution in [1.29, 1.82) is 0 Å². The van der Waals surface area contributed by atoms with E-state index in [1.165, 1.54) is 0 Å². The number of ketones is 1. The van der Waals surface area contributed by atoms with E-state index in [2.05, 4.69) is 0 Å². The topological polar surface area (TPSA) is 49.9 Å². The Morgan fingerprint density at radius 1 is 1.30 bits per heavy atom. The first-order chi connectivity index (χ1) is 9.19. The minimum Gasteiger partial charge on any atom is -0.444 e. The number of hydrogen-bond acceptors (Lipinski definition) is 4. The second-order valence-electron chi connectivity index (χ2n) is 6.45. The van der Waals surface area contributed by atoms with Gasteiger partial charge in [0.1, 0.15) is 5.60 Å². The van der Waals surface area contributed by atoms with Gasteiger partial charge in [0.25, 0.3) is 0 Å². The monoisotopic (exact) mass is 282 g/mol. The average Bonchev–Trinajstić information content (AvgIpc) is 2.34. The van der Waals surface area contributed by atoms with Crippen molar-refractivity contribution in [2.24, 2.45) is 5.92 Å². The molecule has 0 bridgehead atoms. The molecular weight excluding hydrogens is 256 g/mol. The highest BCUT2D eigenvalue weighted by Gasteiger charge is 2.29. The fourth-order valence-electron chi connectivity index (χ4n) is 2.06. The third-order valence-corrected chi connectivity index (χ3v) is 3.01. The lowest BCUT2D eigenvalue weighted by molar-refractivity contribution is -0.119. The lowest BCUT2D eigenvalue weighted by Crippen LogP contribution is -2.44. The quantitative estimate of drug-likeness (QED) is 0.745. The molecule has 0 aromatic carbocycles. The molecule has 0 aliphatic carbocycles. The smallest absolute Gasteiger partial charge is 0.410 e. The van der Waals surface area contributed by atoms with Crippen LogP contribution in [0, 0.1) is 5.92 Å². The normalized spacial score (nSPS) is 20.1. The third kappa shape index (κ3) is 5.63. The number of hydrogen-bond donors (Lipinski definition) is 0. The highest BCUT2D eigenvalue weighted by Crippen LogP contribution is 2.20. The molecule has 114 valence electrons. The second kappa shape index (κ2) is 6.77. The molecule has 0 aromatic rings. The molecule has 1 rings (SSSR count). The molecular formula is C15H26N2O3. The van der Waals surface area contributed by atoms with Crippen LogP contribution in [0.25, 0.3) is 0 Å². The predicted molar refractivity (Wildman–Crippen MR) is 78.4 cm³/mol. The van der Waals surface area contributed by atoms with Crippen molar-refractivity contribution in [2.45, 2.75) is 39.2 Å². The van der Waals surface area contributed by atoms with E-state index in [1.54, 1.807) is 17.2 Å². The largest absolute Gasteiger partial charge is 0.444 e. The Bertz CT molecular complexity index is 383. The van der Waals surface area contributed by atoms with Gasteiger partial charge in [-0.15, -0.1) is 0 Å². The van der Waals surface area contributed by atoms with Crippen molar-refractivity contribution < 1.29 is 14.3 Å². The minimum atomic E-state index is -0.501. The number of amides is 1. The standard InChI is InChI=1S/C15H26N2O3/c1-15(2,3)20-14(19)17-9-6-7-12(11-17)13(18)8-10-16(4)5/h8,10,12H,6-7,9,11H2,1-5H3/b10-8+/t12-/m1/s1. The Kier molecular flexibility index (Phi) is 5.60. The van der Waals surface area contributed by atoms with E-state index in [0.29, 0.717) is 13.1 Å². The van der Waals surface area contributed by atoms with Gasteiger partial charge in [0.2, 0.25) is 0 Å². The maximum atomic E-state index is 12.1. The fraction of sp³-hybridized carbons (Fsp3) is 0.733. The molecule has 1 fully saturated rings. The van der Waals surface area contributed by atoms with Crippen molar-refractivity contribution in [1.82, 2.24) is 9.80 Å². The molecule has 1 saturated heterocycles. The number of nitrogens with zero attached hydrogens (tertiary/aromatic N) is 2. The molecule has 0 radical (unpaired) electrons. The molecule has 20 heavy (non-hydrogen) atoms. The van der Waals surface area contributed by atoms with E-state index in [4.69, 9.17) is 4.74 Å². The highest BCUT2D eigenvalue weighted by molar-refractivity contribution is 5.92. The average molecular weight is 282 g/mol. The van der Waals surface area contributed by atoms with Crippen LogP contribution in [0.2, 0.25) is 0 Å². The summed E-state index contributed by atoms with van der Waals surface area (Å²) in [7, 11) is 3.75. The summed E-state index contributed by atoms with van der Waals surface area (Å²) < 4.78 is 5.35. The summed E-state index contributed by atoms with van der Waals surface area (Å²) in [6.45, 7) is 6.65. The van der Waals surface area contributed by atoms with Gasteiger partial charge in [0.05, 0.1) is 0 Å². The Hall–Kier alpha value is -1.52. The van der Waals surface area contributed by atoms with E-state index in [9.17, 15) is 9.59 Å². The van der Waals surface area contributed by atoms with E-state index in [-0.39, 0.29) is 17.8 Å². The van der Waals surface area contributed by atoms with Crippen LogP contribution in [0.15, 0.2) is 12.3 Å². The van der Waals surface area contributed by atoms with Crippen LogP contribution in [0.3, 0.4) is 0 Å². The lowest BCUT2D eigenvalue weighted by Gasteiger charge is -2.33. The van der Waals surface area contributed by atoms with Gasteiger partial charge in [-0.25, -0.2) is 4.79 Å². The van der Waals surface area contributed by atoms with Gasteiger partial charge in [-0.1, -0.05) is 0 Å². The molecule has 1 aliphatic heterocycles. The zero-order valence-corrected chi connectivity index (χ0v) is 13.2. The molecule has 1 aliphatic rings. The summed E-state index contributed by atoms with van der Waals surface area (Å²) in [4.78, 5) is 27.5. The molecule has 0 spiro atoms. The molecule has 0 N–H and O–H groups in total. The van der Waals surface area contributed by atoms with Crippen molar-refractivity contribution in [3.63, 3.8) is 0 Å². The number of allylic oxidation sites excluding steroid dienone is 1. The number of piperidine rings is 1. The summed E-state index contributed by atoms with van der Waals surface area (Å²) in [6.07, 6.45) is 4.67. The number of carbonyl (C=O) groups is 2. The Morgan fingerprint density at radius 3 is 2.50 bits per heavy atom. The van der Waals surface area contributed by atoms with Gasteiger partial charge in [-0.05, 0) is 39.7 Å². The Balaban J connectivity index is 2.58. The van der Waals surface area contributed by atoms with Crippen molar-refractivity contribution in [3.8, 4) is 0 Å². The van der Waals surface area contributed by atoms with E-state index < -0.39 is 5.60 Å². The number of likely N-dealkylation sites (tertiary alicyclic amines) is 1. The van der Waals surface area contributed by atoms with Crippen LogP contribution in [-0.4, -0.2) is 54.5 Å². The summed E-state index contributed by atoms with van der Waals surface area (Å²) in [5.41, 5.74) is -0.501. The molecule has 5 nitrogen and oxygen atoms in total. The summed E-state index contributed by atoms with van der Waals surface area (Å²) in [5.74, 6) is -0.0422. The molecule has 1 heterocycles. The van der Waals surface area contributed by atoms with Gasteiger partial charge < -0.3 is 14.5 Å². The van der Waals surface area contributed by atoms with Crippen LogP contribution < -0.4 is 0 Å². The zero-order valence-electron chi connectivity index (χ0n) is 13.2. The van der Waals surface area contributed by atoms with Gasteiger partial charge in [-0.2, -0.15) is 0 Å². The van der Waals surface area contributed by atoms with E-state index in [0.717, 1.165) is 12.8 Å². The van der Waals surface area contributed by atoms with Gasteiger partial charge in [0.15, 0.2) is 5.78 Å². The van der Waals surface area contributed by atoms with Crippen LogP contribution in [-0.2, 0) is 9.53 Å². The third-order valence-electron chi connectivity index (χ3n) is 3.01. The first-order valence-electron chi connectivity index (χ1n) is 7.05. The number of rotatable bonds is 3. The summed E-state index contributed by atoms with van der Waals surface area (Å²) in [5, 5.41) is 0. The number of carbonyl (C=O) groups excluding carboxylic acids is 2. The zero-order chi connectivity index (χ0) is 15.3. The number of ether oxygens (including phenoxy) is 1. The maximum Gasteiger partial charge on any atom is 0.410 e. The van der Waals surface area contributed by atoms with Crippen molar-refractivity contribution in [2.75, 3.05) is 27.2 Å². The lowest BCUT2D eigenvalue weighted by atomic mass is 9.94. The van der Waals surface area contributed by atoms with Crippen molar-refractivity contribution in [3.05, 3.63) is 12.3 Å². The maximum absolute atomic E-state index is 12.1. The Labute approximate surface area is 121 Å². The summed E-state index contributed by atoms with van der Waals surface area (Å²) >= 11 is 0. The minimum absolute atomic E-state index is 0.0759. The molecule has 0 saturated carbocycles. The van der Waals surface area contributed by atoms with Crippen LogP contribution in [0.5, 0.6) is 0 Å². The van der Waals surface area contributed by atoms with E-state index in [1.807, 2.05) is 39.8 Å². The molecule has 1 atom stereocenters.